The van der Waals surface area contributed by atoms with Crippen LogP contribution in [0.2, 0.25) is 0 Å². The number of aryl methyl sites for hydroxylation is 1. The number of benzene rings is 2. The Balaban J connectivity index is 1.57. The van der Waals surface area contributed by atoms with Crippen molar-refractivity contribution in [2.45, 2.75) is 32.7 Å². The normalized spacial score (nSPS) is 14.2. The van der Waals surface area contributed by atoms with E-state index in [1.54, 1.807) is 10.9 Å². The quantitative estimate of drug-likeness (QED) is 0.607. The van der Waals surface area contributed by atoms with Crippen molar-refractivity contribution in [2.75, 3.05) is 6.61 Å². The zero-order valence-electron chi connectivity index (χ0n) is 17.2. The van der Waals surface area contributed by atoms with E-state index in [9.17, 15) is 9.59 Å². The first-order valence-corrected chi connectivity index (χ1v) is 10.2. The van der Waals surface area contributed by atoms with Crippen molar-refractivity contribution in [3.8, 4) is 16.9 Å². The summed E-state index contributed by atoms with van der Waals surface area (Å²) in [5.41, 5.74) is 3.55. The fourth-order valence-electron chi connectivity index (χ4n) is 3.49. The number of carbonyl (C=O) groups excluding carboxylic acids is 2. The highest BCUT2D eigenvalue weighted by atomic mass is 16.5. The van der Waals surface area contributed by atoms with Crippen molar-refractivity contribution in [1.82, 2.24) is 15.1 Å². The van der Waals surface area contributed by atoms with Gasteiger partial charge in [0.25, 0.3) is 5.91 Å². The first-order chi connectivity index (χ1) is 14.5. The molecule has 0 spiro atoms. The highest BCUT2D eigenvalue weighted by molar-refractivity contribution is 5.97. The summed E-state index contributed by atoms with van der Waals surface area (Å²) in [5.74, 6) is -0.304. The molecule has 1 aliphatic carbocycles. The monoisotopic (exact) mass is 403 g/mol. The van der Waals surface area contributed by atoms with Crippen LogP contribution in [-0.2, 0) is 9.53 Å². The summed E-state index contributed by atoms with van der Waals surface area (Å²) in [4.78, 5) is 25.0. The van der Waals surface area contributed by atoms with Gasteiger partial charge < -0.3 is 10.1 Å². The Morgan fingerprint density at radius 3 is 2.53 bits per heavy atom. The Hall–Kier alpha value is -3.41. The number of aromatic nitrogens is 2. The van der Waals surface area contributed by atoms with Crippen LogP contribution in [0.5, 0.6) is 0 Å². The molecule has 154 valence electrons. The fraction of sp³-hybridized carbons (Fsp3) is 0.292. The third-order valence-corrected chi connectivity index (χ3v) is 5.41. The topological polar surface area (TPSA) is 73.2 Å². The van der Waals surface area contributed by atoms with Gasteiger partial charge in [-0.05, 0) is 50.3 Å². The molecule has 3 aromatic rings. The number of rotatable bonds is 7. The van der Waals surface area contributed by atoms with E-state index in [-0.39, 0.29) is 18.6 Å². The van der Waals surface area contributed by atoms with Crippen molar-refractivity contribution in [2.24, 2.45) is 5.92 Å². The van der Waals surface area contributed by atoms with Crippen LogP contribution >= 0.6 is 0 Å². The number of para-hydroxylation sites is 1. The van der Waals surface area contributed by atoms with Gasteiger partial charge in [0.05, 0.1) is 5.69 Å². The van der Waals surface area contributed by atoms with Crippen LogP contribution in [0.3, 0.4) is 0 Å². The third-order valence-electron chi connectivity index (χ3n) is 5.41. The van der Waals surface area contributed by atoms with E-state index in [1.165, 1.54) is 0 Å². The molecule has 1 atom stereocenters. The number of esters is 1. The van der Waals surface area contributed by atoms with Gasteiger partial charge in [0.1, 0.15) is 11.3 Å². The predicted molar refractivity (Wildman–Crippen MR) is 114 cm³/mol. The summed E-state index contributed by atoms with van der Waals surface area (Å²) >= 11 is 0. The minimum atomic E-state index is -0.565. The van der Waals surface area contributed by atoms with Gasteiger partial charge in [0.2, 0.25) is 0 Å². The van der Waals surface area contributed by atoms with Crippen molar-refractivity contribution >= 4 is 11.9 Å². The molecule has 0 saturated heterocycles. The van der Waals surface area contributed by atoms with Crippen LogP contribution in [0.15, 0.2) is 60.8 Å². The van der Waals surface area contributed by atoms with Gasteiger partial charge in [0.15, 0.2) is 6.61 Å². The minimum Gasteiger partial charge on any atom is -0.452 e. The molecule has 6 heteroatoms. The Labute approximate surface area is 175 Å². The van der Waals surface area contributed by atoms with Crippen LogP contribution in [0.1, 0.15) is 35.7 Å². The van der Waals surface area contributed by atoms with Crippen molar-refractivity contribution < 1.29 is 14.3 Å². The smallest absolute Gasteiger partial charge is 0.342 e. The molecule has 1 N–H and O–H groups in total. The summed E-state index contributed by atoms with van der Waals surface area (Å²) in [6, 6.07) is 17.4. The molecule has 0 aliphatic heterocycles. The maximum absolute atomic E-state index is 12.9. The zero-order chi connectivity index (χ0) is 21.1. The average Bonchev–Trinajstić information content (AvgIpc) is 3.52. The molecule has 0 radical (unpaired) electrons. The highest BCUT2D eigenvalue weighted by Crippen LogP contribution is 2.32. The fourth-order valence-corrected chi connectivity index (χ4v) is 3.49. The van der Waals surface area contributed by atoms with E-state index < -0.39 is 5.97 Å². The Bertz CT molecular complexity index is 1050. The first kappa shape index (κ1) is 19.9. The SMILES string of the molecule is Cc1ccccc1-c1nn(-c2ccccc2)cc1C(=O)OCC(=O)N[C@H](C)C1CC1. The van der Waals surface area contributed by atoms with Gasteiger partial charge >= 0.3 is 5.97 Å². The average molecular weight is 403 g/mol. The number of ether oxygens (including phenoxy) is 1. The lowest BCUT2D eigenvalue weighted by Crippen LogP contribution is -2.37. The second kappa shape index (κ2) is 8.53. The van der Waals surface area contributed by atoms with Crippen LogP contribution in [0, 0.1) is 12.8 Å². The molecule has 0 unspecified atom stereocenters. The zero-order valence-corrected chi connectivity index (χ0v) is 17.2. The van der Waals surface area contributed by atoms with Gasteiger partial charge in [-0.3, -0.25) is 4.79 Å². The molecule has 2 aromatic carbocycles. The van der Waals surface area contributed by atoms with Crippen LogP contribution in [-0.4, -0.2) is 34.3 Å². The molecular weight excluding hydrogens is 378 g/mol. The number of carbonyl (C=O) groups is 2. The van der Waals surface area contributed by atoms with E-state index in [0.29, 0.717) is 17.2 Å². The Kier molecular flexibility index (Phi) is 5.65. The van der Waals surface area contributed by atoms with E-state index in [0.717, 1.165) is 29.7 Å². The third kappa shape index (κ3) is 4.43. The summed E-state index contributed by atoms with van der Waals surface area (Å²) in [6.45, 7) is 3.65. The molecule has 1 fully saturated rings. The van der Waals surface area contributed by atoms with Gasteiger partial charge in [0, 0.05) is 17.8 Å². The second-order valence-electron chi connectivity index (χ2n) is 7.76. The van der Waals surface area contributed by atoms with Crippen LogP contribution in [0.4, 0.5) is 0 Å². The largest absolute Gasteiger partial charge is 0.452 e. The molecular formula is C24H25N3O3. The van der Waals surface area contributed by atoms with Gasteiger partial charge in [-0.25, -0.2) is 9.48 Å². The predicted octanol–water partition coefficient (Wildman–Crippen LogP) is 3.92. The van der Waals surface area contributed by atoms with E-state index >= 15 is 0 Å². The number of hydrogen-bond donors (Lipinski definition) is 1. The molecule has 6 nitrogen and oxygen atoms in total. The number of nitrogens with one attached hydrogen (secondary N) is 1. The summed E-state index contributed by atoms with van der Waals surface area (Å²) in [5, 5.41) is 7.55. The Morgan fingerprint density at radius 1 is 1.13 bits per heavy atom. The van der Waals surface area contributed by atoms with Gasteiger partial charge in [-0.2, -0.15) is 5.10 Å². The molecule has 1 amide bonds. The summed E-state index contributed by atoms with van der Waals surface area (Å²) in [7, 11) is 0. The van der Waals surface area contributed by atoms with E-state index in [2.05, 4.69) is 10.4 Å². The molecule has 1 heterocycles. The lowest BCUT2D eigenvalue weighted by atomic mass is 10.0. The molecule has 1 aromatic heterocycles. The molecule has 1 saturated carbocycles. The highest BCUT2D eigenvalue weighted by Gasteiger charge is 2.29. The standard InChI is InChI=1S/C24H25N3O3/c1-16-8-6-7-11-20(16)23-21(14-27(26-23)19-9-4-3-5-10-19)24(29)30-15-22(28)25-17(2)18-12-13-18/h3-11,14,17-18H,12-13,15H2,1-2H3,(H,25,28)/t17-/m1/s1. The molecule has 4 rings (SSSR count). The van der Waals surface area contributed by atoms with Crippen molar-refractivity contribution in [3.05, 3.63) is 71.9 Å². The Morgan fingerprint density at radius 2 is 1.83 bits per heavy atom. The lowest BCUT2D eigenvalue weighted by Gasteiger charge is -2.12. The van der Waals surface area contributed by atoms with Crippen LogP contribution in [0.25, 0.3) is 16.9 Å². The van der Waals surface area contributed by atoms with E-state index in [4.69, 9.17) is 4.74 Å². The first-order valence-electron chi connectivity index (χ1n) is 10.2. The van der Waals surface area contributed by atoms with Gasteiger partial charge in [-0.15, -0.1) is 0 Å². The minimum absolute atomic E-state index is 0.111. The number of hydrogen-bond acceptors (Lipinski definition) is 4. The van der Waals surface area contributed by atoms with Crippen molar-refractivity contribution in [3.63, 3.8) is 0 Å². The number of amides is 1. The summed E-state index contributed by atoms with van der Waals surface area (Å²) < 4.78 is 7.00. The molecule has 0 bridgehead atoms. The van der Waals surface area contributed by atoms with E-state index in [1.807, 2.05) is 68.4 Å². The van der Waals surface area contributed by atoms with Crippen LogP contribution < -0.4 is 5.32 Å². The second-order valence-corrected chi connectivity index (χ2v) is 7.76. The van der Waals surface area contributed by atoms with Crippen molar-refractivity contribution in [1.29, 1.82) is 0 Å². The van der Waals surface area contributed by atoms with Gasteiger partial charge in [-0.1, -0.05) is 42.5 Å². The lowest BCUT2D eigenvalue weighted by molar-refractivity contribution is -0.124. The molecule has 1 aliphatic rings. The summed E-state index contributed by atoms with van der Waals surface area (Å²) in [6.07, 6.45) is 3.93. The molecule has 30 heavy (non-hydrogen) atoms. The maximum Gasteiger partial charge on any atom is 0.342 e. The number of nitrogens with zero attached hydrogens (tertiary/aromatic N) is 2. The maximum atomic E-state index is 12.9.